The maximum absolute atomic E-state index is 14.0. The van der Waals surface area contributed by atoms with Gasteiger partial charge in [0.15, 0.2) is 0 Å². The average molecular weight is 349 g/mol. The van der Waals surface area contributed by atoms with Crippen LogP contribution in [0.4, 0.5) is 4.39 Å². The maximum atomic E-state index is 14.0. The van der Waals surface area contributed by atoms with Gasteiger partial charge in [0.2, 0.25) is 0 Å². The summed E-state index contributed by atoms with van der Waals surface area (Å²) in [5.41, 5.74) is 1.99. The van der Waals surface area contributed by atoms with Gasteiger partial charge in [0.1, 0.15) is 11.9 Å². The molecular formula is C18H28FN5O. The highest BCUT2D eigenvalue weighted by Crippen LogP contribution is 2.24. The number of aromatic nitrogens is 3. The molecule has 138 valence electrons. The van der Waals surface area contributed by atoms with E-state index in [0.29, 0.717) is 25.6 Å². The zero-order valence-electron chi connectivity index (χ0n) is 15.3. The predicted molar refractivity (Wildman–Crippen MR) is 94.0 cm³/mol. The van der Waals surface area contributed by atoms with Gasteiger partial charge in [-0.2, -0.15) is 5.10 Å². The molecule has 25 heavy (non-hydrogen) atoms. The number of hydrogen-bond donors (Lipinski definition) is 1. The molecule has 1 fully saturated rings. The number of rotatable bonds is 8. The summed E-state index contributed by atoms with van der Waals surface area (Å²) in [5, 5.41) is 11.8. The highest BCUT2D eigenvalue weighted by molar-refractivity contribution is 5.21. The van der Waals surface area contributed by atoms with Crippen LogP contribution in [0.3, 0.4) is 0 Å². The first kappa shape index (κ1) is 18.1. The van der Waals surface area contributed by atoms with E-state index in [9.17, 15) is 4.39 Å². The van der Waals surface area contributed by atoms with Crippen LogP contribution in [0, 0.1) is 13.8 Å². The van der Waals surface area contributed by atoms with Gasteiger partial charge in [-0.1, -0.05) is 5.16 Å². The lowest BCUT2D eigenvalue weighted by Gasteiger charge is -2.26. The van der Waals surface area contributed by atoms with Crippen LogP contribution in [-0.2, 0) is 13.1 Å². The molecule has 3 rings (SSSR count). The zero-order valence-corrected chi connectivity index (χ0v) is 15.3. The van der Waals surface area contributed by atoms with E-state index in [1.165, 1.54) is 0 Å². The Morgan fingerprint density at radius 2 is 2.28 bits per heavy atom. The van der Waals surface area contributed by atoms with Gasteiger partial charge in [0, 0.05) is 56.2 Å². The molecule has 6 nitrogen and oxygen atoms in total. The Morgan fingerprint density at radius 1 is 1.44 bits per heavy atom. The van der Waals surface area contributed by atoms with Crippen molar-refractivity contribution in [2.45, 2.75) is 65.0 Å². The third-order valence-corrected chi connectivity index (χ3v) is 5.07. The second-order valence-electron chi connectivity index (χ2n) is 7.09. The van der Waals surface area contributed by atoms with Crippen molar-refractivity contribution in [2.75, 3.05) is 13.1 Å². The molecule has 0 saturated carbocycles. The summed E-state index contributed by atoms with van der Waals surface area (Å²) >= 11 is 0. The summed E-state index contributed by atoms with van der Waals surface area (Å²) < 4.78 is 21.2. The van der Waals surface area contributed by atoms with E-state index in [2.05, 4.69) is 27.4 Å². The Labute approximate surface area is 148 Å². The lowest BCUT2D eigenvalue weighted by atomic mass is 10.1. The second kappa shape index (κ2) is 8.10. The standard InChI is InChI=1S/C18H28FN5O/c1-13(5-8-24-7-4-6-21-24)20-10-17-9-16(19)11-23(17)12-18-14(2)22-25-15(18)3/h4,6-7,13,16-17,20H,5,8-12H2,1-3H3/t13?,16-,17-/m0/s1. The SMILES string of the molecule is Cc1noc(C)c1CN1C[C@@H](F)C[C@H]1CNC(C)CCn1cccn1. The van der Waals surface area contributed by atoms with E-state index in [0.717, 1.165) is 36.5 Å². The van der Waals surface area contributed by atoms with Gasteiger partial charge in [-0.25, -0.2) is 4.39 Å². The molecule has 0 bridgehead atoms. The normalized spacial score (nSPS) is 22.6. The van der Waals surface area contributed by atoms with E-state index < -0.39 is 6.17 Å². The van der Waals surface area contributed by atoms with Gasteiger partial charge in [-0.05, 0) is 39.7 Å². The molecule has 7 heteroatoms. The third-order valence-electron chi connectivity index (χ3n) is 5.07. The summed E-state index contributed by atoms with van der Waals surface area (Å²) in [6.45, 7) is 8.91. The smallest absolute Gasteiger partial charge is 0.138 e. The van der Waals surface area contributed by atoms with Crippen LogP contribution in [0.2, 0.25) is 0 Å². The summed E-state index contributed by atoms with van der Waals surface area (Å²) in [6, 6.07) is 2.50. The van der Waals surface area contributed by atoms with Gasteiger partial charge in [-0.3, -0.25) is 9.58 Å². The number of nitrogens with zero attached hydrogens (tertiary/aromatic N) is 4. The van der Waals surface area contributed by atoms with Gasteiger partial charge in [0.05, 0.1) is 5.69 Å². The van der Waals surface area contributed by atoms with Crippen LogP contribution in [0.15, 0.2) is 23.0 Å². The third kappa shape index (κ3) is 4.67. The minimum absolute atomic E-state index is 0.204. The maximum Gasteiger partial charge on any atom is 0.138 e. The van der Waals surface area contributed by atoms with Crippen molar-refractivity contribution in [2.24, 2.45) is 0 Å². The average Bonchev–Trinajstić information content (AvgIpc) is 3.29. The Balaban J connectivity index is 1.49. The highest BCUT2D eigenvalue weighted by Gasteiger charge is 2.33. The first-order chi connectivity index (χ1) is 12.0. The molecule has 2 aromatic heterocycles. The van der Waals surface area contributed by atoms with Crippen molar-refractivity contribution in [1.82, 2.24) is 25.2 Å². The van der Waals surface area contributed by atoms with Crippen LogP contribution >= 0.6 is 0 Å². The zero-order chi connectivity index (χ0) is 17.8. The molecule has 0 radical (unpaired) electrons. The van der Waals surface area contributed by atoms with E-state index >= 15 is 0 Å². The van der Waals surface area contributed by atoms with Crippen LogP contribution in [0.25, 0.3) is 0 Å². The van der Waals surface area contributed by atoms with Crippen molar-refractivity contribution >= 4 is 0 Å². The van der Waals surface area contributed by atoms with E-state index in [-0.39, 0.29) is 6.04 Å². The molecule has 0 amide bonds. The fraction of sp³-hybridized carbons (Fsp3) is 0.667. The molecule has 1 N–H and O–H groups in total. The minimum atomic E-state index is -0.758. The number of nitrogens with one attached hydrogen (secondary N) is 1. The topological polar surface area (TPSA) is 59.1 Å². The Morgan fingerprint density at radius 3 is 2.96 bits per heavy atom. The molecule has 1 unspecified atom stereocenters. The molecule has 0 aromatic carbocycles. The lowest BCUT2D eigenvalue weighted by molar-refractivity contribution is 0.224. The Kier molecular flexibility index (Phi) is 5.86. The minimum Gasteiger partial charge on any atom is -0.361 e. The van der Waals surface area contributed by atoms with Crippen molar-refractivity contribution in [3.8, 4) is 0 Å². The van der Waals surface area contributed by atoms with Crippen LogP contribution in [0.1, 0.15) is 36.8 Å². The van der Waals surface area contributed by atoms with Gasteiger partial charge >= 0.3 is 0 Å². The Bertz CT molecular complexity index is 637. The largest absolute Gasteiger partial charge is 0.361 e. The number of hydrogen-bond acceptors (Lipinski definition) is 5. The van der Waals surface area contributed by atoms with Crippen LogP contribution in [-0.4, -0.2) is 51.2 Å². The van der Waals surface area contributed by atoms with Gasteiger partial charge in [0.25, 0.3) is 0 Å². The molecule has 3 atom stereocenters. The molecule has 1 aliphatic heterocycles. The van der Waals surface area contributed by atoms with E-state index in [4.69, 9.17) is 4.52 Å². The van der Waals surface area contributed by atoms with Crippen molar-refractivity contribution < 1.29 is 8.91 Å². The summed E-state index contributed by atoms with van der Waals surface area (Å²) in [6.07, 6.45) is 4.60. The van der Waals surface area contributed by atoms with E-state index in [1.807, 2.05) is 30.8 Å². The number of likely N-dealkylation sites (tertiary alicyclic amines) is 1. The van der Waals surface area contributed by atoms with Crippen molar-refractivity contribution in [1.29, 1.82) is 0 Å². The number of alkyl halides is 1. The first-order valence-corrected chi connectivity index (χ1v) is 9.03. The monoisotopic (exact) mass is 349 g/mol. The molecule has 1 aliphatic rings. The lowest BCUT2D eigenvalue weighted by Crippen LogP contribution is -2.41. The predicted octanol–water partition coefficient (Wildman–Crippen LogP) is 2.47. The summed E-state index contributed by atoms with van der Waals surface area (Å²) in [7, 11) is 0. The quantitative estimate of drug-likeness (QED) is 0.793. The Hall–Kier alpha value is -1.73. The van der Waals surface area contributed by atoms with Gasteiger partial charge < -0.3 is 9.84 Å². The van der Waals surface area contributed by atoms with Crippen molar-refractivity contribution in [3.63, 3.8) is 0 Å². The summed E-state index contributed by atoms with van der Waals surface area (Å²) in [5.74, 6) is 0.833. The van der Waals surface area contributed by atoms with E-state index in [1.54, 1.807) is 6.20 Å². The molecule has 3 heterocycles. The fourth-order valence-corrected chi connectivity index (χ4v) is 3.46. The van der Waals surface area contributed by atoms with Crippen LogP contribution < -0.4 is 5.32 Å². The summed E-state index contributed by atoms with van der Waals surface area (Å²) in [4.78, 5) is 2.21. The van der Waals surface area contributed by atoms with Crippen molar-refractivity contribution in [3.05, 3.63) is 35.5 Å². The number of aryl methyl sites for hydroxylation is 3. The molecule has 2 aromatic rings. The second-order valence-corrected chi connectivity index (χ2v) is 7.09. The molecule has 0 spiro atoms. The molecule has 1 saturated heterocycles. The first-order valence-electron chi connectivity index (χ1n) is 9.03. The highest BCUT2D eigenvalue weighted by atomic mass is 19.1. The molecular weight excluding hydrogens is 321 g/mol. The number of halogens is 1. The fourth-order valence-electron chi connectivity index (χ4n) is 3.46. The molecule has 0 aliphatic carbocycles. The van der Waals surface area contributed by atoms with Crippen LogP contribution in [0.5, 0.6) is 0 Å². The van der Waals surface area contributed by atoms with Gasteiger partial charge in [-0.15, -0.1) is 0 Å².